The van der Waals surface area contributed by atoms with E-state index in [1.54, 1.807) is 6.07 Å². The highest BCUT2D eigenvalue weighted by molar-refractivity contribution is 9.10. The fraction of sp³-hybridized carbons (Fsp3) is 0.222. The van der Waals surface area contributed by atoms with Gasteiger partial charge in [0.1, 0.15) is 5.56 Å². The first-order valence-electron chi connectivity index (χ1n) is 4.18. The summed E-state index contributed by atoms with van der Waals surface area (Å²) in [6.07, 6.45) is -5.02. The van der Waals surface area contributed by atoms with Gasteiger partial charge in [0, 0.05) is 10.5 Å². The zero-order chi connectivity index (χ0) is 13.2. The first-order chi connectivity index (χ1) is 7.77. The fourth-order valence-electron chi connectivity index (χ4n) is 1.26. The van der Waals surface area contributed by atoms with Crippen LogP contribution in [0.5, 0.6) is 0 Å². The second-order valence-corrected chi connectivity index (χ2v) is 3.92. The Balaban J connectivity index is 3.51. The molecular weight excluding hydrogens is 305 g/mol. The van der Waals surface area contributed by atoms with E-state index in [1.807, 2.05) is 0 Å². The van der Waals surface area contributed by atoms with Crippen molar-refractivity contribution >= 4 is 21.6 Å². The van der Waals surface area contributed by atoms with Crippen LogP contribution in [-0.2, 0) is 12.6 Å². The van der Waals surface area contributed by atoms with Gasteiger partial charge in [-0.2, -0.15) is 18.4 Å². The molecule has 8 heteroatoms. The summed E-state index contributed by atoms with van der Waals surface area (Å²) in [5.74, 6) is 0. The van der Waals surface area contributed by atoms with Crippen LogP contribution in [0.1, 0.15) is 11.1 Å². The minimum Gasteiger partial charge on any atom is -0.258 e. The highest BCUT2D eigenvalue weighted by Gasteiger charge is 2.40. The van der Waals surface area contributed by atoms with E-state index in [4.69, 9.17) is 5.26 Å². The van der Waals surface area contributed by atoms with Gasteiger partial charge in [-0.15, -0.1) is 0 Å². The molecule has 0 heterocycles. The highest BCUT2D eigenvalue weighted by atomic mass is 79.9. The van der Waals surface area contributed by atoms with Crippen LogP contribution in [0.4, 0.5) is 18.9 Å². The van der Waals surface area contributed by atoms with Crippen molar-refractivity contribution < 1.29 is 18.1 Å². The van der Waals surface area contributed by atoms with E-state index in [1.165, 1.54) is 0 Å². The Morgan fingerprint density at radius 2 is 2.06 bits per heavy atom. The molecule has 1 aromatic rings. The largest absolute Gasteiger partial charge is 0.424 e. The molecule has 1 rings (SSSR count). The molecule has 0 saturated heterocycles. The molecule has 0 atom stereocenters. The topological polar surface area (TPSA) is 66.9 Å². The number of nitro benzene ring substituents is 1. The lowest BCUT2D eigenvalue weighted by molar-refractivity contribution is -0.388. The third kappa shape index (κ3) is 2.94. The van der Waals surface area contributed by atoms with Gasteiger partial charge in [0.05, 0.1) is 17.4 Å². The van der Waals surface area contributed by atoms with E-state index < -0.39 is 26.8 Å². The van der Waals surface area contributed by atoms with E-state index >= 15 is 0 Å². The molecule has 0 bridgehead atoms. The summed E-state index contributed by atoms with van der Waals surface area (Å²) in [5, 5.41) is 19.0. The van der Waals surface area contributed by atoms with Crippen molar-refractivity contribution in [2.45, 2.75) is 12.6 Å². The summed E-state index contributed by atoms with van der Waals surface area (Å²) in [5.41, 5.74) is -2.25. The molecule has 0 aliphatic carbocycles. The number of nitro groups is 1. The Labute approximate surface area is 102 Å². The van der Waals surface area contributed by atoms with Crippen LogP contribution in [0.25, 0.3) is 0 Å². The second kappa shape index (κ2) is 4.71. The average Bonchev–Trinajstić information content (AvgIpc) is 2.14. The molecule has 17 heavy (non-hydrogen) atoms. The number of hydrogen-bond acceptors (Lipinski definition) is 3. The van der Waals surface area contributed by atoms with Gasteiger partial charge in [-0.1, -0.05) is 0 Å². The highest BCUT2D eigenvalue weighted by Crippen LogP contribution is 2.41. The van der Waals surface area contributed by atoms with Crippen LogP contribution < -0.4 is 0 Å². The Morgan fingerprint density at radius 1 is 1.47 bits per heavy atom. The van der Waals surface area contributed by atoms with Crippen molar-refractivity contribution in [1.82, 2.24) is 0 Å². The molecule has 0 aromatic heterocycles. The monoisotopic (exact) mass is 308 g/mol. The summed E-state index contributed by atoms with van der Waals surface area (Å²) < 4.78 is 37.3. The Bertz CT molecular complexity index is 508. The van der Waals surface area contributed by atoms with Crippen molar-refractivity contribution in [1.29, 1.82) is 5.26 Å². The lowest BCUT2D eigenvalue weighted by atomic mass is 10.1. The second-order valence-electron chi connectivity index (χ2n) is 3.06. The van der Waals surface area contributed by atoms with Gasteiger partial charge in [-0.05, 0) is 27.6 Å². The summed E-state index contributed by atoms with van der Waals surface area (Å²) in [7, 11) is 0. The molecule has 90 valence electrons. The number of hydrogen-bond donors (Lipinski definition) is 0. The predicted octanol–water partition coefficient (Wildman–Crippen LogP) is 3.44. The third-order valence-corrected chi connectivity index (χ3v) is 2.52. The summed E-state index contributed by atoms with van der Waals surface area (Å²) in [4.78, 5) is 9.46. The first-order valence-corrected chi connectivity index (χ1v) is 4.97. The van der Waals surface area contributed by atoms with Crippen molar-refractivity contribution in [2.24, 2.45) is 0 Å². The predicted molar refractivity (Wildman–Crippen MR) is 55.1 cm³/mol. The Hall–Kier alpha value is -1.62. The maximum atomic E-state index is 12.6. The molecule has 4 nitrogen and oxygen atoms in total. The van der Waals surface area contributed by atoms with Crippen molar-refractivity contribution in [3.63, 3.8) is 0 Å². The van der Waals surface area contributed by atoms with Crippen molar-refractivity contribution in [2.75, 3.05) is 0 Å². The molecule has 0 spiro atoms. The van der Waals surface area contributed by atoms with Gasteiger partial charge in [0.2, 0.25) is 0 Å². The Morgan fingerprint density at radius 3 is 2.47 bits per heavy atom. The van der Waals surface area contributed by atoms with Crippen LogP contribution >= 0.6 is 15.9 Å². The molecule has 0 radical (unpaired) electrons. The zero-order valence-electron chi connectivity index (χ0n) is 8.08. The number of halogens is 4. The number of benzene rings is 1. The van der Waals surface area contributed by atoms with Crippen LogP contribution in [0.15, 0.2) is 16.6 Å². The van der Waals surface area contributed by atoms with Gasteiger partial charge in [0.25, 0.3) is 5.69 Å². The summed E-state index contributed by atoms with van der Waals surface area (Å²) in [6, 6.07) is 3.53. The molecule has 1 aromatic carbocycles. The van der Waals surface area contributed by atoms with Crippen LogP contribution in [0.2, 0.25) is 0 Å². The van der Waals surface area contributed by atoms with E-state index in [-0.39, 0.29) is 12.0 Å². The summed E-state index contributed by atoms with van der Waals surface area (Å²) in [6.45, 7) is 0. The van der Waals surface area contributed by atoms with Gasteiger partial charge in [0.15, 0.2) is 0 Å². The average molecular weight is 309 g/mol. The van der Waals surface area contributed by atoms with Gasteiger partial charge in [-0.3, -0.25) is 10.1 Å². The van der Waals surface area contributed by atoms with E-state index in [0.29, 0.717) is 0 Å². The van der Waals surface area contributed by atoms with Gasteiger partial charge in [-0.25, -0.2) is 0 Å². The minimum absolute atomic E-state index is 0.152. The van der Waals surface area contributed by atoms with E-state index in [9.17, 15) is 23.3 Å². The van der Waals surface area contributed by atoms with Crippen LogP contribution in [0.3, 0.4) is 0 Å². The molecule has 0 amide bonds. The molecular formula is C9H4BrF3N2O2. The number of nitriles is 1. The molecule has 0 aliphatic rings. The zero-order valence-corrected chi connectivity index (χ0v) is 9.67. The Kier molecular flexibility index (Phi) is 3.72. The molecule has 0 N–H and O–H groups in total. The fourth-order valence-corrected chi connectivity index (χ4v) is 1.99. The van der Waals surface area contributed by atoms with E-state index in [2.05, 4.69) is 15.9 Å². The molecule has 0 fully saturated rings. The lowest BCUT2D eigenvalue weighted by Crippen LogP contribution is -2.10. The minimum atomic E-state index is -4.83. The van der Waals surface area contributed by atoms with Crippen LogP contribution in [0, 0.1) is 21.4 Å². The molecule has 0 aliphatic heterocycles. The van der Waals surface area contributed by atoms with E-state index in [0.717, 1.165) is 12.1 Å². The smallest absolute Gasteiger partial charge is 0.258 e. The quantitative estimate of drug-likeness (QED) is 0.621. The maximum Gasteiger partial charge on any atom is 0.424 e. The van der Waals surface area contributed by atoms with Gasteiger partial charge >= 0.3 is 6.18 Å². The SMILES string of the molecule is N#CCc1cc(Br)c(C(F)(F)F)c([N+](=O)[O-])c1. The summed E-state index contributed by atoms with van der Waals surface area (Å²) >= 11 is 2.64. The third-order valence-electron chi connectivity index (χ3n) is 1.89. The maximum absolute atomic E-state index is 12.6. The number of alkyl halides is 3. The standard InChI is InChI=1S/C9H4BrF3N2O2/c10-6-3-5(1-2-14)4-7(15(16)17)8(6)9(11,12)13/h3-4H,1H2. The van der Waals surface area contributed by atoms with Crippen molar-refractivity contribution in [3.05, 3.63) is 37.8 Å². The molecule has 0 unspecified atom stereocenters. The van der Waals surface area contributed by atoms with Crippen molar-refractivity contribution in [3.8, 4) is 6.07 Å². The van der Waals surface area contributed by atoms with Crippen LogP contribution in [-0.4, -0.2) is 4.92 Å². The molecule has 0 saturated carbocycles. The number of nitrogens with zero attached hydrogens (tertiary/aromatic N) is 2. The lowest BCUT2D eigenvalue weighted by Gasteiger charge is -2.10. The normalized spacial score (nSPS) is 11.0. The first kappa shape index (κ1) is 13.4. The number of rotatable bonds is 2. The van der Waals surface area contributed by atoms with Gasteiger partial charge < -0.3 is 0 Å².